The van der Waals surface area contributed by atoms with Crippen LogP contribution < -0.4 is 15.5 Å². The Morgan fingerprint density at radius 3 is 2.52 bits per heavy atom. The minimum atomic E-state index is 0. The zero-order chi connectivity index (χ0) is 17.4. The van der Waals surface area contributed by atoms with Gasteiger partial charge in [-0.3, -0.25) is 0 Å². The van der Waals surface area contributed by atoms with Crippen LogP contribution in [0.1, 0.15) is 33.3 Å². The number of nitrogens with zero attached hydrogens (tertiary/aromatic N) is 2. The van der Waals surface area contributed by atoms with Crippen molar-refractivity contribution in [3.63, 3.8) is 0 Å². The Balaban J connectivity index is 0.00000312. The predicted molar refractivity (Wildman–Crippen MR) is 117 cm³/mol. The van der Waals surface area contributed by atoms with Crippen LogP contribution in [0.2, 0.25) is 0 Å². The Bertz CT molecular complexity index is 530. The van der Waals surface area contributed by atoms with Gasteiger partial charge >= 0.3 is 0 Å². The lowest BCUT2D eigenvalue weighted by Crippen LogP contribution is -2.44. The van der Waals surface area contributed by atoms with Crippen LogP contribution in [0.5, 0.6) is 0 Å². The van der Waals surface area contributed by atoms with Crippen LogP contribution in [-0.2, 0) is 11.3 Å². The van der Waals surface area contributed by atoms with E-state index in [0.717, 1.165) is 38.8 Å². The molecule has 25 heavy (non-hydrogen) atoms. The minimum Gasteiger partial charge on any atom is -0.378 e. The van der Waals surface area contributed by atoms with E-state index in [1.54, 1.807) is 0 Å². The minimum absolute atomic E-state index is 0. The van der Waals surface area contributed by atoms with E-state index < -0.39 is 0 Å². The van der Waals surface area contributed by atoms with Gasteiger partial charge < -0.3 is 20.3 Å². The van der Waals surface area contributed by atoms with Crippen molar-refractivity contribution >= 4 is 35.6 Å². The van der Waals surface area contributed by atoms with Gasteiger partial charge in [-0.2, -0.15) is 0 Å². The first-order valence-electron chi connectivity index (χ1n) is 9.07. The molecular formula is C19H33IN4O. The van der Waals surface area contributed by atoms with Gasteiger partial charge in [-0.1, -0.05) is 32.0 Å². The highest BCUT2D eigenvalue weighted by Crippen LogP contribution is 2.22. The van der Waals surface area contributed by atoms with E-state index in [-0.39, 0.29) is 24.0 Å². The molecule has 0 aliphatic carbocycles. The van der Waals surface area contributed by atoms with Crippen molar-refractivity contribution in [1.29, 1.82) is 0 Å². The molecule has 0 bridgehead atoms. The summed E-state index contributed by atoms with van der Waals surface area (Å²) >= 11 is 0. The van der Waals surface area contributed by atoms with Crippen LogP contribution in [0, 0.1) is 5.92 Å². The first-order valence-corrected chi connectivity index (χ1v) is 9.07. The van der Waals surface area contributed by atoms with Gasteiger partial charge in [0.15, 0.2) is 5.96 Å². The summed E-state index contributed by atoms with van der Waals surface area (Å²) in [5.74, 6) is 1.45. The molecule has 2 rings (SSSR count). The third-order valence-corrected chi connectivity index (χ3v) is 4.46. The molecular weight excluding hydrogens is 427 g/mol. The number of morpholine rings is 1. The van der Waals surface area contributed by atoms with Gasteiger partial charge in [0, 0.05) is 31.4 Å². The molecule has 1 fully saturated rings. The number of nitrogens with one attached hydrogen (secondary N) is 2. The van der Waals surface area contributed by atoms with E-state index in [1.807, 2.05) is 0 Å². The second-order valence-electron chi connectivity index (χ2n) is 6.60. The molecule has 1 aromatic carbocycles. The summed E-state index contributed by atoms with van der Waals surface area (Å²) in [6, 6.07) is 8.93. The highest BCUT2D eigenvalue weighted by molar-refractivity contribution is 14.0. The van der Waals surface area contributed by atoms with Crippen molar-refractivity contribution in [3.05, 3.63) is 29.8 Å². The second-order valence-corrected chi connectivity index (χ2v) is 6.60. The lowest BCUT2D eigenvalue weighted by Gasteiger charge is -2.30. The summed E-state index contributed by atoms with van der Waals surface area (Å²) in [4.78, 5) is 7.19. The highest BCUT2D eigenvalue weighted by Gasteiger charge is 2.14. The zero-order valence-corrected chi connectivity index (χ0v) is 18.2. The standard InChI is InChI=1S/C19H32N4O.HI/c1-5-20-19(22-16(4)15(2)3)21-14-17-8-6-7-9-18(17)23-10-12-24-13-11-23;/h6-9,15-16H,5,10-14H2,1-4H3,(H2,20,21,22);1H. The van der Waals surface area contributed by atoms with E-state index in [4.69, 9.17) is 9.73 Å². The van der Waals surface area contributed by atoms with Crippen LogP contribution in [0.15, 0.2) is 29.3 Å². The van der Waals surface area contributed by atoms with Gasteiger partial charge in [-0.05, 0) is 31.4 Å². The van der Waals surface area contributed by atoms with Crippen molar-refractivity contribution in [1.82, 2.24) is 10.6 Å². The lowest BCUT2D eigenvalue weighted by molar-refractivity contribution is 0.122. The van der Waals surface area contributed by atoms with Crippen LogP contribution in [0.25, 0.3) is 0 Å². The predicted octanol–water partition coefficient (Wildman–Crippen LogP) is 3.24. The Morgan fingerprint density at radius 2 is 1.88 bits per heavy atom. The molecule has 1 aromatic rings. The highest BCUT2D eigenvalue weighted by atomic mass is 127. The van der Waals surface area contributed by atoms with Crippen LogP contribution in [0.3, 0.4) is 0 Å². The van der Waals surface area contributed by atoms with Crippen LogP contribution >= 0.6 is 24.0 Å². The molecule has 2 N–H and O–H groups in total. The topological polar surface area (TPSA) is 48.9 Å². The van der Waals surface area contributed by atoms with Crippen LogP contribution in [-0.4, -0.2) is 44.8 Å². The molecule has 5 nitrogen and oxygen atoms in total. The van der Waals surface area contributed by atoms with E-state index >= 15 is 0 Å². The van der Waals surface area contributed by atoms with E-state index in [2.05, 4.69) is 67.5 Å². The van der Waals surface area contributed by atoms with Gasteiger partial charge in [0.25, 0.3) is 0 Å². The van der Waals surface area contributed by atoms with Gasteiger partial charge in [0.1, 0.15) is 0 Å². The number of benzene rings is 1. The molecule has 1 heterocycles. The fourth-order valence-corrected chi connectivity index (χ4v) is 2.62. The van der Waals surface area contributed by atoms with Gasteiger partial charge in [-0.15, -0.1) is 24.0 Å². The lowest BCUT2D eigenvalue weighted by atomic mass is 10.1. The van der Waals surface area contributed by atoms with E-state index in [0.29, 0.717) is 18.5 Å². The van der Waals surface area contributed by atoms with Gasteiger partial charge in [0.2, 0.25) is 0 Å². The number of anilines is 1. The largest absolute Gasteiger partial charge is 0.378 e. The average molecular weight is 460 g/mol. The monoisotopic (exact) mass is 460 g/mol. The summed E-state index contributed by atoms with van der Waals surface area (Å²) in [6.45, 7) is 13.8. The molecule has 0 radical (unpaired) electrons. The van der Waals surface area contributed by atoms with Gasteiger partial charge in [-0.25, -0.2) is 4.99 Å². The number of hydrogen-bond donors (Lipinski definition) is 2. The first kappa shape index (κ1) is 22.0. The summed E-state index contributed by atoms with van der Waals surface area (Å²) in [5.41, 5.74) is 2.53. The number of hydrogen-bond acceptors (Lipinski definition) is 3. The number of para-hydroxylation sites is 1. The Morgan fingerprint density at radius 1 is 1.20 bits per heavy atom. The summed E-state index contributed by atoms with van der Waals surface area (Å²) in [6.07, 6.45) is 0. The number of ether oxygens (including phenoxy) is 1. The molecule has 6 heteroatoms. The van der Waals surface area contributed by atoms with E-state index in [9.17, 15) is 0 Å². The second kappa shape index (κ2) is 11.6. The molecule has 0 saturated carbocycles. The maximum Gasteiger partial charge on any atom is 0.191 e. The molecule has 1 unspecified atom stereocenters. The third-order valence-electron chi connectivity index (χ3n) is 4.46. The zero-order valence-electron chi connectivity index (χ0n) is 15.9. The van der Waals surface area contributed by atoms with Crippen molar-refractivity contribution in [2.45, 2.75) is 40.3 Å². The number of guanidine groups is 1. The third kappa shape index (κ3) is 7.01. The van der Waals surface area contributed by atoms with Gasteiger partial charge in [0.05, 0.1) is 19.8 Å². The molecule has 1 saturated heterocycles. The molecule has 0 amide bonds. The van der Waals surface area contributed by atoms with Crippen molar-refractivity contribution in [2.24, 2.45) is 10.9 Å². The number of halogens is 1. The summed E-state index contributed by atoms with van der Waals surface area (Å²) in [5, 5.41) is 6.83. The molecule has 142 valence electrons. The normalized spacial score (nSPS) is 16.4. The average Bonchev–Trinajstić information content (AvgIpc) is 2.60. The quantitative estimate of drug-likeness (QED) is 0.389. The SMILES string of the molecule is CCNC(=NCc1ccccc1N1CCOCC1)NC(C)C(C)C.I. The molecule has 1 atom stereocenters. The molecule has 0 aromatic heterocycles. The van der Waals surface area contributed by atoms with E-state index in [1.165, 1.54) is 11.3 Å². The van der Waals surface area contributed by atoms with Crippen LogP contribution in [0.4, 0.5) is 5.69 Å². The van der Waals surface area contributed by atoms with Crippen molar-refractivity contribution < 1.29 is 4.74 Å². The Hall–Kier alpha value is -1.02. The Labute approximate surface area is 169 Å². The molecule has 1 aliphatic heterocycles. The molecule has 0 spiro atoms. The number of rotatable bonds is 6. The Kier molecular flexibility index (Phi) is 10.2. The summed E-state index contributed by atoms with van der Waals surface area (Å²) in [7, 11) is 0. The van der Waals surface area contributed by atoms with Crippen molar-refractivity contribution in [3.8, 4) is 0 Å². The first-order chi connectivity index (χ1) is 11.6. The number of aliphatic imine (C=N–C) groups is 1. The smallest absolute Gasteiger partial charge is 0.191 e. The van der Waals surface area contributed by atoms with Crippen molar-refractivity contribution in [2.75, 3.05) is 37.7 Å². The fraction of sp³-hybridized carbons (Fsp3) is 0.632. The summed E-state index contributed by atoms with van der Waals surface area (Å²) < 4.78 is 5.47. The maximum atomic E-state index is 5.47. The fourth-order valence-electron chi connectivity index (χ4n) is 2.62. The molecule has 1 aliphatic rings. The maximum absolute atomic E-state index is 5.47.